The number of likely N-dealkylation sites (tertiary alicyclic amines) is 1. The molecule has 4 aromatic rings. The summed E-state index contributed by atoms with van der Waals surface area (Å²) in [4.78, 5) is 28.7. The van der Waals surface area contributed by atoms with Crippen LogP contribution in [0, 0.1) is 26.7 Å². The first-order valence-corrected chi connectivity index (χ1v) is 14.0. The van der Waals surface area contributed by atoms with E-state index in [1.807, 2.05) is 117 Å². The Morgan fingerprint density at radius 3 is 1.93 bits per heavy atom. The smallest absolute Gasteiger partial charge is 0.326 e. The molecular formula is C33H36N6O2. The maximum absolute atomic E-state index is 13.1. The zero-order valence-electron chi connectivity index (χ0n) is 23.7. The monoisotopic (exact) mass is 548 g/mol. The summed E-state index contributed by atoms with van der Waals surface area (Å²) in [6, 6.07) is 28.8. The van der Waals surface area contributed by atoms with Crippen LogP contribution in [0.5, 0.6) is 0 Å². The molecule has 0 bridgehead atoms. The highest BCUT2D eigenvalue weighted by Crippen LogP contribution is 2.42. The number of benzene rings is 3. The van der Waals surface area contributed by atoms with E-state index in [2.05, 4.69) is 25.6 Å². The minimum atomic E-state index is -1.14. The first kappa shape index (κ1) is 28.0. The number of rotatable bonds is 5. The third-order valence-electron chi connectivity index (χ3n) is 7.52. The average Bonchev–Trinajstić information content (AvgIpc) is 2.98. The maximum Gasteiger partial charge on any atom is 0.326 e. The second-order valence-corrected chi connectivity index (χ2v) is 10.6. The van der Waals surface area contributed by atoms with Gasteiger partial charge < -0.3 is 15.3 Å². The topological polar surface area (TPSA) is 103 Å². The van der Waals surface area contributed by atoms with Crippen LogP contribution in [0.2, 0.25) is 0 Å². The fourth-order valence-corrected chi connectivity index (χ4v) is 5.46. The van der Waals surface area contributed by atoms with Crippen molar-refractivity contribution in [3.8, 4) is 0 Å². The molecule has 0 saturated carbocycles. The predicted octanol–water partition coefficient (Wildman–Crippen LogP) is 5.86. The van der Waals surface area contributed by atoms with Crippen LogP contribution in [-0.4, -0.2) is 45.1 Å². The number of amides is 2. The second kappa shape index (κ2) is 12.3. The third-order valence-corrected chi connectivity index (χ3v) is 7.52. The van der Waals surface area contributed by atoms with Crippen molar-refractivity contribution < 1.29 is 9.90 Å². The number of guanidine groups is 1. The van der Waals surface area contributed by atoms with Gasteiger partial charge in [-0.15, -0.1) is 0 Å². The van der Waals surface area contributed by atoms with Crippen LogP contribution in [0.4, 0.5) is 16.4 Å². The van der Waals surface area contributed by atoms with Crippen LogP contribution in [-0.2, 0) is 5.60 Å². The van der Waals surface area contributed by atoms with Gasteiger partial charge in [-0.1, -0.05) is 78.4 Å². The number of carbonyl (C=O) groups excluding carboxylic acids is 1. The Bertz CT molecular complexity index is 1440. The molecule has 1 aliphatic heterocycles. The lowest BCUT2D eigenvalue weighted by Gasteiger charge is -2.43. The van der Waals surface area contributed by atoms with Gasteiger partial charge in [0.05, 0.1) is 0 Å². The molecule has 8 heteroatoms. The van der Waals surface area contributed by atoms with Crippen molar-refractivity contribution in [3.63, 3.8) is 0 Å². The van der Waals surface area contributed by atoms with E-state index in [4.69, 9.17) is 0 Å². The molecule has 1 aliphatic rings. The Balaban J connectivity index is 1.39. The molecule has 0 radical (unpaired) electrons. The molecule has 3 N–H and O–H groups in total. The van der Waals surface area contributed by atoms with Crippen molar-refractivity contribution in [2.24, 2.45) is 10.9 Å². The van der Waals surface area contributed by atoms with Crippen molar-refractivity contribution in [2.45, 2.75) is 39.2 Å². The van der Waals surface area contributed by atoms with Crippen LogP contribution >= 0.6 is 0 Å². The highest BCUT2D eigenvalue weighted by molar-refractivity contribution is 6.03. The number of anilines is 1. The van der Waals surface area contributed by atoms with Gasteiger partial charge in [0.15, 0.2) is 0 Å². The van der Waals surface area contributed by atoms with Crippen LogP contribution in [0.15, 0.2) is 96.0 Å². The largest absolute Gasteiger partial charge is 0.380 e. The molecule has 41 heavy (non-hydrogen) atoms. The van der Waals surface area contributed by atoms with E-state index in [9.17, 15) is 9.90 Å². The van der Waals surface area contributed by atoms with E-state index in [0.29, 0.717) is 43.5 Å². The molecule has 1 saturated heterocycles. The van der Waals surface area contributed by atoms with Crippen LogP contribution in [0.25, 0.3) is 0 Å². The zero-order valence-corrected chi connectivity index (χ0v) is 23.7. The van der Waals surface area contributed by atoms with Crippen molar-refractivity contribution in [1.82, 2.24) is 20.2 Å². The fourth-order valence-electron chi connectivity index (χ4n) is 5.46. The molecule has 3 aromatic carbocycles. The molecule has 1 aromatic heterocycles. The maximum atomic E-state index is 13.1. The SMILES string of the molecule is Cc1ccc(NC(=O)N/C(=N\c2nc(C)cc(C)n2)N2CCC(C(O)(c3ccccc3)c3ccccc3)CC2)cc1. The van der Waals surface area contributed by atoms with E-state index in [1.165, 1.54) is 0 Å². The van der Waals surface area contributed by atoms with Gasteiger partial charge in [-0.2, -0.15) is 4.99 Å². The Morgan fingerprint density at radius 1 is 0.854 bits per heavy atom. The Morgan fingerprint density at radius 2 is 1.39 bits per heavy atom. The number of aliphatic hydroxyl groups is 1. The molecule has 1 fully saturated rings. The molecule has 8 nitrogen and oxygen atoms in total. The Hall–Kier alpha value is -4.56. The molecule has 210 valence electrons. The number of piperidine rings is 1. The van der Waals surface area contributed by atoms with Crippen LogP contribution in [0.3, 0.4) is 0 Å². The fraction of sp³-hybridized carbons (Fsp3) is 0.273. The molecule has 0 unspecified atom stereocenters. The number of hydrogen-bond acceptors (Lipinski definition) is 5. The van der Waals surface area contributed by atoms with Gasteiger partial charge in [0.1, 0.15) is 5.60 Å². The van der Waals surface area contributed by atoms with Crippen molar-refractivity contribution >= 4 is 23.6 Å². The number of aromatic nitrogens is 2. The van der Waals surface area contributed by atoms with E-state index in [1.54, 1.807) is 0 Å². The minimum Gasteiger partial charge on any atom is -0.380 e. The Labute approximate surface area is 241 Å². The van der Waals surface area contributed by atoms with Crippen molar-refractivity contribution in [3.05, 3.63) is 119 Å². The van der Waals surface area contributed by atoms with E-state index in [0.717, 1.165) is 28.1 Å². The van der Waals surface area contributed by atoms with Gasteiger partial charge in [0.2, 0.25) is 5.96 Å². The van der Waals surface area contributed by atoms with Crippen LogP contribution < -0.4 is 10.6 Å². The van der Waals surface area contributed by atoms with Gasteiger partial charge in [0.25, 0.3) is 5.95 Å². The summed E-state index contributed by atoms with van der Waals surface area (Å²) in [6.45, 7) is 6.95. The third kappa shape index (κ3) is 6.61. The highest BCUT2D eigenvalue weighted by Gasteiger charge is 2.42. The number of carbonyl (C=O) groups is 1. The molecule has 0 atom stereocenters. The number of hydrogen-bond donors (Lipinski definition) is 3. The molecule has 2 heterocycles. The van der Waals surface area contributed by atoms with Crippen molar-refractivity contribution in [2.75, 3.05) is 18.4 Å². The van der Waals surface area contributed by atoms with Gasteiger partial charge in [0, 0.05) is 30.2 Å². The summed E-state index contributed by atoms with van der Waals surface area (Å²) >= 11 is 0. The van der Waals surface area contributed by atoms with Gasteiger partial charge in [-0.05, 0) is 68.9 Å². The molecule has 0 aliphatic carbocycles. The lowest BCUT2D eigenvalue weighted by atomic mass is 9.72. The minimum absolute atomic E-state index is 0.0383. The molecule has 2 amide bonds. The van der Waals surface area contributed by atoms with Crippen LogP contribution in [0.1, 0.15) is 40.9 Å². The lowest BCUT2D eigenvalue weighted by Crippen LogP contribution is -2.51. The first-order chi connectivity index (χ1) is 19.8. The molecule has 0 spiro atoms. The summed E-state index contributed by atoms with van der Waals surface area (Å²) in [5.41, 5.74) is 4.00. The van der Waals surface area contributed by atoms with Gasteiger partial charge >= 0.3 is 6.03 Å². The van der Waals surface area contributed by atoms with E-state index in [-0.39, 0.29) is 5.92 Å². The summed E-state index contributed by atoms with van der Waals surface area (Å²) < 4.78 is 0. The molecular weight excluding hydrogens is 512 g/mol. The first-order valence-electron chi connectivity index (χ1n) is 14.0. The lowest BCUT2D eigenvalue weighted by molar-refractivity contribution is -0.00679. The summed E-state index contributed by atoms with van der Waals surface area (Å²) in [7, 11) is 0. The quantitative estimate of drug-likeness (QED) is 0.214. The number of urea groups is 1. The van der Waals surface area contributed by atoms with E-state index >= 15 is 0 Å². The second-order valence-electron chi connectivity index (χ2n) is 10.6. The zero-order chi connectivity index (χ0) is 28.8. The highest BCUT2D eigenvalue weighted by atomic mass is 16.3. The Kier molecular flexibility index (Phi) is 8.40. The summed E-state index contributed by atoms with van der Waals surface area (Å²) in [6.07, 6.45) is 1.38. The number of aliphatic imine (C=N–C) groups is 1. The average molecular weight is 549 g/mol. The van der Waals surface area contributed by atoms with Gasteiger partial charge in [-0.3, -0.25) is 5.32 Å². The van der Waals surface area contributed by atoms with E-state index < -0.39 is 11.6 Å². The predicted molar refractivity (Wildman–Crippen MR) is 162 cm³/mol. The summed E-state index contributed by atoms with van der Waals surface area (Å²) in [5.74, 6) is 0.630. The number of nitrogens with one attached hydrogen (secondary N) is 2. The summed E-state index contributed by atoms with van der Waals surface area (Å²) in [5, 5.41) is 18.1. The number of nitrogens with zero attached hydrogens (tertiary/aromatic N) is 4. The van der Waals surface area contributed by atoms with Crippen molar-refractivity contribution in [1.29, 1.82) is 0 Å². The molecule has 5 rings (SSSR count). The van der Waals surface area contributed by atoms with Gasteiger partial charge in [-0.25, -0.2) is 14.8 Å². The number of aryl methyl sites for hydroxylation is 3. The standard InChI is InChI=1S/C33H36N6O2/c1-23-14-16-29(17-15-23)36-32(40)38-31(37-30-34-24(2)22-25(3)35-30)39-20-18-28(19-21-39)33(41,26-10-6-4-7-11-26)27-12-8-5-9-13-27/h4-17,22,28,41H,18-21H2,1-3H3,(H2,34,35,36,37,38,40). The normalized spacial score (nSPS) is 14.5.